The van der Waals surface area contributed by atoms with E-state index < -0.39 is 6.04 Å². The molecule has 0 aliphatic rings. The maximum absolute atomic E-state index is 12.7. The predicted molar refractivity (Wildman–Crippen MR) is 87.3 cm³/mol. The summed E-state index contributed by atoms with van der Waals surface area (Å²) in [4.78, 5) is 30.5. The summed E-state index contributed by atoms with van der Waals surface area (Å²) in [5, 5.41) is 2.76. The standard InChI is InChI=1S/C17H23N3O2/c1-5-9-19-16(21)15(13(3)4)20(12-6-2)17(22)14-7-10-18-11-8-14/h5-8,10-11,13,15H,1-2,9,12H2,3-4H3,(H,19,21). The van der Waals surface area contributed by atoms with E-state index in [0.717, 1.165) is 0 Å². The van der Waals surface area contributed by atoms with Gasteiger partial charge in [0.15, 0.2) is 0 Å². The van der Waals surface area contributed by atoms with E-state index in [-0.39, 0.29) is 17.7 Å². The maximum atomic E-state index is 12.7. The van der Waals surface area contributed by atoms with Crippen molar-refractivity contribution in [3.05, 3.63) is 55.4 Å². The van der Waals surface area contributed by atoms with Gasteiger partial charge in [0.1, 0.15) is 6.04 Å². The first-order chi connectivity index (χ1) is 10.5. The number of nitrogens with one attached hydrogen (secondary N) is 1. The molecule has 0 aliphatic heterocycles. The highest BCUT2D eigenvalue weighted by Gasteiger charge is 2.31. The van der Waals surface area contributed by atoms with E-state index in [1.54, 1.807) is 36.7 Å². The van der Waals surface area contributed by atoms with E-state index >= 15 is 0 Å². The molecular formula is C17H23N3O2. The monoisotopic (exact) mass is 301 g/mol. The van der Waals surface area contributed by atoms with Gasteiger partial charge in [-0.1, -0.05) is 26.0 Å². The second-order valence-electron chi connectivity index (χ2n) is 5.20. The molecule has 0 aliphatic carbocycles. The lowest BCUT2D eigenvalue weighted by molar-refractivity contribution is -0.126. The third-order valence-electron chi connectivity index (χ3n) is 3.17. The Labute approximate surface area is 131 Å². The Kier molecular flexibility index (Phi) is 7.02. The molecule has 0 spiro atoms. The Morgan fingerprint density at radius 2 is 1.91 bits per heavy atom. The van der Waals surface area contributed by atoms with E-state index in [9.17, 15) is 9.59 Å². The topological polar surface area (TPSA) is 62.3 Å². The van der Waals surface area contributed by atoms with Crippen LogP contribution in [0.15, 0.2) is 49.8 Å². The molecule has 1 aromatic heterocycles. The van der Waals surface area contributed by atoms with Crippen LogP contribution < -0.4 is 5.32 Å². The zero-order valence-corrected chi connectivity index (χ0v) is 13.2. The molecule has 0 saturated heterocycles. The highest BCUT2D eigenvalue weighted by Crippen LogP contribution is 2.15. The summed E-state index contributed by atoms with van der Waals surface area (Å²) in [7, 11) is 0. The van der Waals surface area contributed by atoms with Gasteiger partial charge in [0.2, 0.25) is 5.91 Å². The van der Waals surface area contributed by atoms with Gasteiger partial charge < -0.3 is 10.2 Å². The highest BCUT2D eigenvalue weighted by molar-refractivity contribution is 5.97. The number of nitrogens with zero attached hydrogens (tertiary/aromatic N) is 2. The Morgan fingerprint density at radius 3 is 2.41 bits per heavy atom. The fourth-order valence-electron chi connectivity index (χ4n) is 2.20. The van der Waals surface area contributed by atoms with Crippen molar-refractivity contribution in [2.75, 3.05) is 13.1 Å². The molecule has 22 heavy (non-hydrogen) atoms. The summed E-state index contributed by atoms with van der Waals surface area (Å²) >= 11 is 0. The van der Waals surface area contributed by atoms with Crippen molar-refractivity contribution >= 4 is 11.8 Å². The van der Waals surface area contributed by atoms with Crippen LogP contribution in [0.3, 0.4) is 0 Å². The Hall–Kier alpha value is -2.43. The van der Waals surface area contributed by atoms with Crippen LogP contribution in [0, 0.1) is 5.92 Å². The van der Waals surface area contributed by atoms with E-state index in [0.29, 0.717) is 18.7 Å². The molecule has 0 fully saturated rings. The zero-order valence-electron chi connectivity index (χ0n) is 13.2. The molecule has 0 saturated carbocycles. The summed E-state index contributed by atoms with van der Waals surface area (Å²) in [6.07, 6.45) is 6.34. The van der Waals surface area contributed by atoms with Crippen LogP contribution in [0.1, 0.15) is 24.2 Å². The van der Waals surface area contributed by atoms with Crippen LogP contribution in [-0.2, 0) is 4.79 Å². The SMILES string of the molecule is C=CCNC(=O)C(C(C)C)N(CC=C)C(=O)c1ccncc1. The Morgan fingerprint density at radius 1 is 1.27 bits per heavy atom. The number of pyridine rings is 1. The van der Waals surface area contributed by atoms with Gasteiger partial charge in [0, 0.05) is 31.0 Å². The molecule has 0 bridgehead atoms. The van der Waals surface area contributed by atoms with Gasteiger partial charge in [-0.15, -0.1) is 13.2 Å². The largest absolute Gasteiger partial charge is 0.351 e. The molecule has 0 radical (unpaired) electrons. The van der Waals surface area contributed by atoms with Crippen molar-refractivity contribution in [3.8, 4) is 0 Å². The predicted octanol–water partition coefficient (Wildman–Crippen LogP) is 2.04. The fourth-order valence-corrected chi connectivity index (χ4v) is 2.20. The number of carbonyl (C=O) groups excluding carboxylic acids is 2. The molecule has 2 amide bonds. The second-order valence-corrected chi connectivity index (χ2v) is 5.20. The van der Waals surface area contributed by atoms with Crippen LogP contribution in [0.2, 0.25) is 0 Å². The summed E-state index contributed by atoms with van der Waals surface area (Å²) < 4.78 is 0. The lowest BCUT2D eigenvalue weighted by Crippen LogP contribution is -2.52. The number of aromatic nitrogens is 1. The first-order valence-corrected chi connectivity index (χ1v) is 7.23. The number of rotatable bonds is 8. The Bertz CT molecular complexity index is 526. The number of hydrogen-bond donors (Lipinski definition) is 1. The molecule has 1 unspecified atom stereocenters. The minimum absolute atomic E-state index is 0.0319. The Balaban J connectivity index is 3.07. The van der Waals surface area contributed by atoms with E-state index in [1.165, 1.54) is 4.90 Å². The molecule has 118 valence electrons. The molecule has 1 atom stereocenters. The lowest BCUT2D eigenvalue weighted by atomic mass is 10.00. The lowest BCUT2D eigenvalue weighted by Gasteiger charge is -2.32. The maximum Gasteiger partial charge on any atom is 0.254 e. The van der Waals surface area contributed by atoms with Crippen LogP contribution in [0.5, 0.6) is 0 Å². The third-order valence-corrected chi connectivity index (χ3v) is 3.17. The van der Waals surface area contributed by atoms with E-state index in [2.05, 4.69) is 23.5 Å². The first kappa shape index (κ1) is 17.6. The van der Waals surface area contributed by atoms with Gasteiger partial charge in [-0.25, -0.2) is 0 Å². The smallest absolute Gasteiger partial charge is 0.254 e. The minimum Gasteiger partial charge on any atom is -0.351 e. The summed E-state index contributed by atoms with van der Waals surface area (Å²) in [5.41, 5.74) is 0.499. The molecule has 1 aromatic rings. The van der Waals surface area contributed by atoms with Crippen molar-refractivity contribution in [2.24, 2.45) is 5.92 Å². The van der Waals surface area contributed by atoms with Crippen molar-refractivity contribution in [1.82, 2.24) is 15.2 Å². The molecule has 1 N–H and O–H groups in total. The van der Waals surface area contributed by atoms with Crippen LogP contribution in [-0.4, -0.2) is 40.8 Å². The minimum atomic E-state index is -0.571. The zero-order chi connectivity index (χ0) is 16.5. The van der Waals surface area contributed by atoms with Gasteiger partial charge >= 0.3 is 0 Å². The molecule has 0 aromatic carbocycles. The molecule has 5 nitrogen and oxygen atoms in total. The van der Waals surface area contributed by atoms with Crippen LogP contribution in [0.4, 0.5) is 0 Å². The van der Waals surface area contributed by atoms with Crippen LogP contribution >= 0.6 is 0 Å². The summed E-state index contributed by atoms with van der Waals surface area (Å²) in [5.74, 6) is -0.440. The fraction of sp³-hybridized carbons (Fsp3) is 0.353. The normalized spacial score (nSPS) is 11.6. The molecular weight excluding hydrogens is 278 g/mol. The number of amides is 2. The first-order valence-electron chi connectivity index (χ1n) is 7.23. The van der Waals surface area contributed by atoms with Gasteiger partial charge in [0.25, 0.3) is 5.91 Å². The molecule has 1 heterocycles. The van der Waals surface area contributed by atoms with Crippen molar-refractivity contribution < 1.29 is 9.59 Å². The van der Waals surface area contributed by atoms with Gasteiger partial charge in [-0.05, 0) is 18.1 Å². The summed E-state index contributed by atoms with van der Waals surface area (Å²) in [6, 6.07) is 2.70. The van der Waals surface area contributed by atoms with E-state index in [1.807, 2.05) is 13.8 Å². The van der Waals surface area contributed by atoms with Crippen LogP contribution in [0.25, 0.3) is 0 Å². The van der Waals surface area contributed by atoms with Crippen molar-refractivity contribution in [2.45, 2.75) is 19.9 Å². The summed E-state index contributed by atoms with van der Waals surface area (Å²) in [6.45, 7) is 11.8. The third kappa shape index (κ3) is 4.55. The van der Waals surface area contributed by atoms with Gasteiger partial charge in [0.05, 0.1) is 0 Å². The average Bonchev–Trinajstić information content (AvgIpc) is 2.52. The second kappa shape index (κ2) is 8.77. The average molecular weight is 301 g/mol. The highest BCUT2D eigenvalue weighted by atomic mass is 16.2. The van der Waals surface area contributed by atoms with E-state index in [4.69, 9.17) is 0 Å². The quantitative estimate of drug-likeness (QED) is 0.747. The van der Waals surface area contributed by atoms with Crippen molar-refractivity contribution in [3.63, 3.8) is 0 Å². The van der Waals surface area contributed by atoms with Gasteiger partial charge in [-0.3, -0.25) is 14.6 Å². The number of hydrogen-bond acceptors (Lipinski definition) is 3. The molecule has 1 rings (SSSR count). The number of carbonyl (C=O) groups is 2. The van der Waals surface area contributed by atoms with Crippen molar-refractivity contribution in [1.29, 1.82) is 0 Å². The molecule has 5 heteroatoms. The van der Waals surface area contributed by atoms with Gasteiger partial charge in [-0.2, -0.15) is 0 Å².